The molecule has 0 bridgehead atoms. The number of nitrogens with zero attached hydrogens (tertiary/aromatic N) is 5. The number of aliphatic hydroxyl groups excluding tert-OH is 1. The summed E-state index contributed by atoms with van der Waals surface area (Å²) in [7, 11) is 1.92. The quantitative estimate of drug-likeness (QED) is 0.669. The monoisotopic (exact) mass is 336 g/mol. The van der Waals surface area contributed by atoms with E-state index in [4.69, 9.17) is 9.90 Å². The number of nitrogens with one attached hydrogen (secondary N) is 1. The number of rotatable bonds is 5. The number of aliphatic hydroxyl groups is 1. The first-order chi connectivity index (χ1) is 11.7. The van der Waals surface area contributed by atoms with Crippen molar-refractivity contribution in [2.24, 2.45) is 7.05 Å². The van der Waals surface area contributed by atoms with E-state index in [1.165, 1.54) is 12.8 Å². The molecule has 9 nitrogen and oxygen atoms in total. The van der Waals surface area contributed by atoms with Gasteiger partial charge >= 0.3 is 0 Å². The molecule has 3 rings (SSSR count). The molecule has 1 unspecified atom stereocenters. The van der Waals surface area contributed by atoms with Gasteiger partial charge in [0.1, 0.15) is 5.52 Å². The average Bonchev–Trinajstić information content (AvgIpc) is 2.97. The van der Waals surface area contributed by atoms with Gasteiger partial charge in [-0.2, -0.15) is 4.98 Å². The topological polar surface area (TPSA) is 116 Å². The molecule has 9 heteroatoms. The van der Waals surface area contributed by atoms with Crippen LogP contribution in [0.3, 0.4) is 0 Å². The fourth-order valence-corrected chi connectivity index (χ4v) is 2.88. The van der Waals surface area contributed by atoms with Crippen LogP contribution in [0.2, 0.25) is 0 Å². The van der Waals surface area contributed by atoms with Gasteiger partial charge in [-0.15, -0.1) is 0 Å². The molecule has 1 saturated heterocycles. The molecule has 0 spiro atoms. The maximum absolute atomic E-state index is 9.41. The van der Waals surface area contributed by atoms with E-state index in [0.29, 0.717) is 12.0 Å². The molecule has 3 N–H and O–H groups in total. The van der Waals surface area contributed by atoms with Gasteiger partial charge in [0.15, 0.2) is 5.65 Å². The first-order valence-corrected chi connectivity index (χ1v) is 8.00. The Hall–Kier alpha value is -2.26. The summed E-state index contributed by atoms with van der Waals surface area (Å²) in [6.07, 6.45) is 7.00. The number of aryl methyl sites for hydroxylation is 1. The molecule has 1 atom stereocenters. The van der Waals surface area contributed by atoms with Crippen LogP contribution in [0, 0.1) is 0 Å². The Morgan fingerprint density at radius 2 is 2.21 bits per heavy atom. The minimum atomic E-state index is -0.250. The minimum absolute atomic E-state index is 0.247. The van der Waals surface area contributed by atoms with Crippen molar-refractivity contribution >= 4 is 23.6 Å². The van der Waals surface area contributed by atoms with E-state index in [0.717, 1.165) is 37.2 Å². The van der Waals surface area contributed by atoms with Crippen LogP contribution < -0.4 is 5.32 Å². The number of imidazole rings is 1. The van der Waals surface area contributed by atoms with Gasteiger partial charge in [-0.25, -0.2) is 9.97 Å². The van der Waals surface area contributed by atoms with E-state index in [-0.39, 0.29) is 13.1 Å². The summed E-state index contributed by atoms with van der Waals surface area (Å²) in [4.78, 5) is 23.7. The lowest BCUT2D eigenvalue weighted by Gasteiger charge is -2.34. The zero-order chi connectivity index (χ0) is 17.4. The van der Waals surface area contributed by atoms with Crippen LogP contribution in [-0.4, -0.2) is 73.4 Å². The number of carbonyl (C=O) groups is 1. The molecule has 1 aliphatic heterocycles. The molecular formula is C15H24N6O3. The maximum Gasteiger partial charge on any atom is 0.290 e. The van der Waals surface area contributed by atoms with Gasteiger partial charge in [-0.05, 0) is 19.4 Å². The van der Waals surface area contributed by atoms with Crippen molar-refractivity contribution in [1.82, 2.24) is 24.4 Å². The molecule has 2 aromatic heterocycles. The summed E-state index contributed by atoms with van der Waals surface area (Å²) < 4.78 is 1.88. The van der Waals surface area contributed by atoms with Crippen LogP contribution in [-0.2, 0) is 11.8 Å². The van der Waals surface area contributed by atoms with Crippen molar-refractivity contribution in [2.75, 3.05) is 31.6 Å². The molecule has 0 radical (unpaired) electrons. The van der Waals surface area contributed by atoms with Gasteiger partial charge < -0.3 is 20.1 Å². The predicted molar refractivity (Wildman–Crippen MR) is 89.8 cm³/mol. The number of likely N-dealkylation sites (tertiary alicyclic amines) is 1. The lowest BCUT2D eigenvalue weighted by atomic mass is 10.0. The fourth-order valence-electron chi connectivity index (χ4n) is 2.88. The van der Waals surface area contributed by atoms with Gasteiger partial charge in [-0.3, -0.25) is 9.69 Å². The number of anilines is 1. The number of hydrogen-bond donors (Lipinski definition) is 3. The molecule has 0 aliphatic carbocycles. The van der Waals surface area contributed by atoms with Crippen LogP contribution in [0.5, 0.6) is 0 Å². The zero-order valence-corrected chi connectivity index (χ0v) is 13.8. The van der Waals surface area contributed by atoms with Crippen LogP contribution in [0.1, 0.15) is 19.3 Å². The van der Waals surface area contributed by atoms with E-state index in [2.05, 4.69) is 25.2 Å². The van der Waals surface area contributed by atoms with E-state index in [9.17, 15) is 5.11 Å². The first-order valence-electron chi connectivity index (χ1n) is 8.00. The Kier molecular flexibility index (Phi) is 6.89. The maximum atomic E-state index is 9.41. The number of fused-ring (bicyclic) bond motifs is 1. The zero-order valence-electron chi connectivity index (χ0n) is 13.8. The number of aromatic nitrogens is 4. The van der Waals surface area contributed by atoms with Gasteiger partial charge in [0.25, 0.3) is 6.47 Å². The van der Waals surface area contributed by atoms with Gasteiger partial charge in [-0.1, -0.05) is 6.42 Å². The van der Waals surface area contributed by atoms with Crippen LogP contribution in [0.4, 0.5) is 5.95 Å². The van der Waals surface area contributed by atoms with E-state index >= 15 is 0 Å². The van der Waals surface area contributed by atoms with Gasteiger partial charge in [0.2, 0.25) is 5.95 Å². The summed E-state index contributed by atoms with van der Waals surface area (Å²) in [6, 6.07) is 0.307. The molecule has 3 heterocycles. The molecule has 24 heavy (non-hydrogen) atoms. The Bertz CT molecular complexity index is 647. The number of hydrogen-bond acceptors (Lipinski definition) is 7. The average molecular weight is 336 g/mol. The molecule has 132 valence electrons. The molecule has 0 amide bonds. The van der Waals surface area contributed by atoms with Crippen molar-refractivity contribution in [3.05, 3.63) is 12.5 Å². The summed E-state index contributed by atoms with van der Waals surface area (Å²) in [5.74, 6) is 0.628. The third-order valence-electron chi connectivity index (χ3n) is 4.10. The lowest BCUT2D eigenvalue weighted by molar-refractivity contribution is -0.122. The van der Waals surface area contributed by atoms with Crippen molar-refractivity contribution in [3.8, 4) is 0 Å². The molecule has 0 saturated carbocycles. The Labute approximate surface area is 140 Å². The molecule has 1 fully saturated rings. The van der Waals surface area contributed by atoms with E-state index in [1.807, 2.05) is 11.6 Å². The van der Waals surface area contributed by atoms with E-state index < -0.39 is 0 Å². The van der Waals surface area contributed by atoms with Crippen molar-refractivity contribution in [1.29, 1.82) is 0 Å². The fraction of sp³-hybridized carbons (Fsp3) is 0.600. The van der Waals surface area contributed by atoms with E-state index in [1.54, 1.807) is 12.5 Å². The highest BCUT2D eigenvalue weighted by Gasteiger charge is 2.20. The van der Waals surface area contributed by atoms with Gasteiger partial charge in [0.05, 0.1) is 19.1 Å². The smallest absolute Gasteiger partial charge is 0.290 e. The Morgan fingerprint density at radius 1 is 1.42 bits per heavy atom. The standard InChI is InChI=1S/C14H22N6O.CH2O2/c1-19-10-17-12-8-16-14(18-13(12)19)15-5-7-20-6-3-2-4-11(20)9-21;2-1-3/h8,10-11,21H,2-7,9H2,1H3,(H,15,16,18);1H,(H,2,3). The van der Waals surface area contributed by atoms with Crippen molar-refractivity contribution < 1.29 is 15.0 Å². The highest BCUT2D eigenvalue weighted by atomic mass is 16.3. The summed E-state index contributed by atoms with van der Waals surface area (Å²) in [5, 5.41) is 19.6. The normalized spacial score (nSPS) is 18.0. The van der Waals surface area contributed by atoms with Gasteiger partial charge in [0, 0.05) is 26.2 Å². The highest BCUT2D eigenvalue weighted by Crippen LogP contribution is 2.16. The predicted octanol–water partition coefficient (Wildman–Crippen LogP) is 0.323. The van der Waals surface area contributed by atoms with Crippen LogP contribution >= 0.6 is 0 Å². The Balaban J connectivity index is 0.000000647. The second kappa shape index (κ2) is 9.14. The number of piperidine rings is 1. The first kappa shape index (κ1) is 18.1. The third-order valence-corrected chi connectivity index (χ3v) is 4.10. The second-order valence-corrected chi connectivity index (χ2v) is 5.66. The largest absolute Gasteiger partial charge is 0.483 e. The Morgan fingerprint density at radius 3 is 2.96 bits per heavy atom. The van der Waals surface area contributed by atoms with Crippen LogP contribution in [0.15, 0.2) is 12.5 Å². The third kappa shape index (κ3) is 4.62. The molecule has 2 aromatic rings. The summed E-state index contributed by atoms with van der Waals surface area (Å²) in [5.41, 5.74) is 1.64. The minimum Gasteiger partial charge on any atom is -0.483 e. The van der Waals surface area contributed by atoms with Crippen molar-refractivity contribution in [2.45, 2.75) is 25.3 Å². The summed E-state index contributed by atoms with van der Waals surface area (Å²) in [6.45, 7) is 2.74. The van der Waals surface area contributed by atoms with Crippen LogP contribution in [0.25, 0.3) is 11.2 Å². The highest BCUT2D eigenvalue weighted by molar-refractivity contribution is 5.70. The SMILES string of the molecule is Cn1cnc2cnc(NCCN3CCCCC3CO)nc21.O=CO. The molecule has 1 aliphatic rings. The number of carboxylic acid groups (broad SMARTS) is 1. The molecular weight excluding hydrogens is 312 g/mol. The lowest BCUT2D eigenvalue weighted by Crippen LogP contribution is -2.44. The second-order valence-electron chi connectivity index (χ2n) is 5.66. The molecule has 0 aromatic carbocycles. The summed E-state index contributed by atoms with van der Waals surface area (Å²) >= 11 is 0. The van der Waals surface area contributed by atoms with Crippen molar-refractivity contribution in [3.63, 3.8) is 0 Å².